The largest absolute Gasteiger partial charge is 0.481 e. The van der Waals surface area contributed by atoms with Gasteiger partial charge in [0, 0.05) is 6.42 Å². The molecular formula is C23H32N4O7. The number of hydrogen-bond donors (Lipinski definition) is 6. The van der Waals surface area contributed by atoms with E-state index in [1.807, 2.05) is 0 Å². The van der Waals surface area contributed by atoms with Gasteiger partial charge in [-0.25, -0.2) is 4.79 Å². The standard InChI is InChI=1S/C23H32N4O7/c1-13(2)19(23(33)34)27-22(32)16(11-14-7-4-3-5-8-14)25-21(31)17(12-18(28)29)26-20(30)15-9-6-10-24-15/h3-5,7-8,13,15-17,19,24H,6,9-12H2,1-2H3,(H,25,31)(H,26,30)(H,27,32)(H,28,29)(H,33,34). The number of benzene rings is 1. The summed E-state index contributed by atoms with van der Waals surface area (Å²) in [6.07, 6.45) is 0.723. The molecule has 4 atom stereocenters. The lowest BCUT2D eigenvalue weighted by molar-refractivity contribution is -0.144. The number of aliphatic carboxylic acids is 2. The highest BCUT2D eigenvalue weighted by molar-refractivity contribution is 5.95. The smallest absolute Gasteiger partial charge is 0.326 e. The first-order chi connectivity index (χ1) is 16.1. The van der Waals surface area contributed by atoms with Gasteiger partial charge in [-0.05, 0) is 30.9 Å². The van der Waals surface area contributed by atoms with Crippen molar-refractivity contribution in [1.82, 2.24) is 21.3 Å². The Balaban J connectivity index is 2.20. The van der Waals surface area contributed by atoms with Crippen molar-refractivity contribution in [2.75, 3.05) is 6.54 Å². The minimum absolute atomic E-state index is 0.0424. The topological polar surface area (TPSA) is 174 Å². The van der Waals surface area contributed by atoms with Crippen molar-refractivity contribution in [1.29, 1.82) is 0 Å². The van der Waals surface area contributed by atoms with E-state index in [1.165, 1.54) is 0 Å². The van der Waals surface area contributed by atoms with E-state index < -0.39 is 66.2 Å². The lowest BCUT2D eigenvalue weighted by Gasteiger charge is -2.25. The minimum Gasteiger partial charge on any atom is -0.481 e. The average molecular weight is 477 g/mol. The number of carbonyl (C=O) groups is 5. The second-order valence-corrected chi connectivity index (χ2v) is 8.63. The van der Waals surface area contributed by atoms with Crippen LogP contribution in [0.25, 0.3) is 0 Å². The molecule has 11 nitrogen and oxygen atoms in total. The van der Waals surface area contributed by atoms with Gasteiger partial charge in [-0.1, -0.05) is 44.2 Å². The van der Waals surface area contributed by atoms with Crippen LogP contribution in [0.5, 0.6) is 0 Å². The maximum Gasteiger partial charge on any atom is 0.326 e. The van der Waals surface area contributed by atoms with Crippen LogP contribution in [0.2, 0.25) is 0 Å². The quantitative estimate of drug-likeness (QED) is 0.237. The minimum atomic E-state index is -1.40. The lowest BCUT2D eigenvalue weighted by Crippen LogP contribution is -2.58. The van der Waals surface area contributed by atoms with Crippen molar-refractivity contribution in [3.05, 3.63) is 35.9 Å². The molecule has 11 heteroatoms. The second kappa shape index (κ2) is 12.7. The monoisotopic (exact) mass is 476 g/mol. The van der Waals surface area contributed by atoms with Crippen molar-refractivity contribution in [3.8, 4) is 0 Å². The first kappa shape index (κ1) is 26.8. The summed E-state index contributed by atoms with van der Waals surface area (Å²) in [5, 5.41) is 29.0. The molecular weight excluding hydrogens is 444 g/mol. The number of amides is 3. The number of hydrogen-bond acceptors (Lipinski definition) is 6. The van der Waals surface area contributed by atoms with Crippen LogP contribution < -0.4 is 21.3 Å². The molecule has 0 saturated carbocycles. The molecule has 1 aliphatic rings. The molecule has 4 unspecified atom stereocenters. The second-order valence-electron chi connectivity index (χ2n) is 8.63. The highest BCUT2D eigenvalue weighted by atomic mass is 16.4. The van der Waals surface area contributed by atoms with E-state index in [2.05, 4.69) is 21.3 Å². The van der Waals surface area contributed by atoms with Crippen LogP contribution in [-0.2, 0) is 30.4 Å². The molecule has 0 spiro atoms. The Bertz CT molecular complexity index is 885. The molecule has 3 amide bonds. The van der Waals surface area contributed by atoms with Gasteiger partial charge >= 0.3 is 11.9 Å². The molecule has 1 aliphatic heterocycles. The van der Waals surface area contributed by atoms with Crippen molar-refractivity contribution >= 4 is 29.7 Å². The average Bonchev–Trinajstić information content (AvgIpc) is 3.31. The molecule has 1 saturated heterocycles. The Kier molecular flexibility index (Phi) is 9.99. The maximum absolute atomic E-state index is 13.0. The number of carboxylic acid groups (broad SMARTS) is 2. The molecule has 1 aromatic rings. The van der Waals surface area contributed by atoms with Crippen molar-refractivity contribution in [2.24, 2.45) is 5.92 Å². The van der Waals surface area contributed by atoms with Crippen LogP contribution in [0.4, 0.5) is 0 Å². The Morgan fingerprint density at radius 1 is 0.971 bits per heavy atom. The molecule has 0 aliphatic carbocycles. The summed E-state index contributed by atoms with van der Waals surface area (Å²) < 4.78 is 0. The van der Waals surface area contributed by atoms with Crippen molar-refractivity contribution < 1.29 is 34.2 Å². The van der Waals surface area contributed by atoms with E-state index in [-0.39, 0.29) is 6.42 Å². The van der Waals surface area contributed by atoms with Gasteiger partial charge in [0.1, 0.15) is 18.1 Å². The number of carboxylic acids is 2. The highest BCUT2D eigenvalue weighted by Gasteiger charge is 2.33. The fourth-order valence-electron chi connectivity index (χ4n) is 3.66. The van der Waals surface area contributed by atoms with Gasteiger partial charge in [0.05, 0.1) is 12.5 Å². The van der Waals surface area contributed by atoms with Crippen LogP contribution in [0, 0.1) is 5.92 Å². The molecule has 1 aromatic carbocycles. The molecule has 0 radical (unpaired) electrons. The predicted molar refractivity (Wildman–Crippen MR) is 122 cm³/mol. The summed E-state index contributed by atoms with van der Waals surface area (Å²) in [5.41, 5.74) is 0.702. The third kappa shape index (κ3) is 8.14. The van der Waals surface area contributed by atoms with E-state index in [9.17, 15) is 34.2 Å². The summed E-state index contributed by atoms with van der Waals surface area (Å²) in [4.78, 5) is 61.3. The zero-order valence-corrected chi connectivity index (χ0v) is 19.2. The molecule has 6 N–H and O–H groups in total. The Labute approximate surface area is 197 Å². The van der Waals surface area contributed by atoms with Gasteiger partial charge in [-0.15, -0.1) is 0 Å². The third-order valence-electron chi connectivity index (χ3n) is 5.53. The van der Waals surface area contributed by atoms with Gasteiger partial charge in [0.25, 0.3) is 0 Å². The van der Waals surface area contributed by atoms with Crippen LogP contribution in [-0.4, -0.2) is 70.6 Å². The van der Waals surface area contributed by atoms with Crippen LogP contribution in [0.15, 0.2) is 30.3 Å². The van der Waals surface area contributed by atoms with Crippen LogP contribution >= 0.6 is 0 Å². The summed E-state index contributed by atoms with van der Waals surface area (Å²) in [7, 11) is 0. The Hall–Kier alpha value is -3.47. The zero-order chi connectivity index (χ0) is 25.3. The first-order valence-corrected chi connectivity index (χ1v) is 11.2. The van der Waals surface area contributed by atoms with Gasteiger partial charge in [-0.3, -0.25) is 19.2 Å². The van der Waals surface area contributed by atoms with Crippen molar-refractivity contribution in [2.45, 2.75) is 63.7 Å². The summed E-state index contributed by atoms with van der Waals surface area (Å²) >= 11 is 0. The third-order valence-corrected chi connectivity index (χ3v) is 5.53. The van der Waals surface area contributed by atoms with Crippen molar-refractivity contribution in [3.63, 3.8) is 0 Å². The molecule has 34 heavy (non-hydrogen) atoms. The van der Waals surface area contributed by atoms with E-state index in [1.54, 1.807) is 44.2 Å². The molecule has 186 valence electrons. The summed E-state index contributed by atoms with van der Waals surface area (Å²) in [6.45, 7) is 3.92. The molecule has 2 rings (SSSR count). The SMILES string of the molecule is CC(C)C(NC(=O)C(Cc1ccccc1)NC(=O)C(CC(=O)O)NC(=O)C1CCCN1)C(=O)O. The summed E-state index contributed by atoms with van der Waals surface area (Å²) in [5.74, 6) is -4.98. The first-order valence-electron chi connectivity index (χ1n) is 11.2. The zero-order valence-electron chi connectivity index (χ0n) is 19.2. The predicted octanol–water partition coefficient (Wildman–Crippen LogP) is -0.349. The fraction of sp³-hybridized carbons (Fsp3) is 0.522. The van der Waals surface area contributed by atoms with E-state index in [0.29, 0.717) is 18.5 Å². The number of nitrogens with one attached hydrogen (secondary N) is 4. The molecule has 1 heterocycles. The molecule has 1 fully saturated rings. The maximum atomic E-state index is 13.0. The van der Waals surface area contributed by atoms with E-state index in [0.717, 1.165) is 6.42 Å². The van der Waals surface area contributed by atoms with Crippen LogP contribution in [0.3, 0.4) is 0 Å². The van der Waals surface area contributed by atoms with E-state index in [4.69, 9.17) is 0 Å². The number of rotatable bonds is 12. The molecule has 0 bridgehead atoms. The highest BCUT2D eigenvalue weighted by Crippen LogP contribution is 2.09. The van der Waals surface area contributed by atoms with Gasteiger partial charge in [0.15, 0.2) is 0 Å². The Morgan fingerprint density at radius 3 is 2.15 bits per heavy atom. The molecule has 0 aromatic heterocycles. The fourth-order valence-corrected chi connectivity index (χ4v) is 3.66. The lowest BCUT2D eigenvalue weighted by atomic mass is 10.0. The summed E-state index contributed by atoms with van der Waals surface area (Å²) in [6, 6.07) is 4.49. The van der Waals surface area contributed by atoms with Crippen LogP contribution in [0.1, 0.15) is 38.7 Å². The number of carbonyl (C=O) groups excluding carboxylic acids is 3. The Morgan fingerprint density at radius 2 is 1.62 bits per heavy atom. The van der Waals surface area contributed by atoms with Gasteiger partial charge < -0.3 is 31.5 Å². The van der Waals surface area contributed by atoms with E-state index >= 15 is 0 Å². The van der Waals surface area contributed by atoms with Gasteiger partial charge in [0.2, 0.25) is 17.7 Å². The normalized spacial score (nSPS) is 17.9. The van der Waals surface area contributed by atoms with Gasteiger partial charge in [-0.2, -0.15) is 0 Å².